The van der Waals surface area contributed by atoms with Crippen LogP contribution in [0.3, 0.4) is 0 Å². The van der Waals surface area contributed by atoms with Crippen LogP contribution in [0.1, 0.15) is 65.7 Å². The van der Waals surface area contributed by atoms with Crippen molar-refractivity contribution in [3.8, 4) is 0 Å². The summed E-state index contributed by atoms with van der Waals surface area (Å²) >= 11 is 0. The third kappa shape index (κ3) is 5.69. The summed E-state index contributed by atoms with van der Waals surface area (Å²) < 4.78 is 5.72. The molecule has 0 saturated heterocycles. The lowest BCUT2D eigenvalue weighted by Gasteiger charge is -2.24. The normalized spacial score (nSPS) is 22.4. The van der Waals surface area contributed by atoms with Crippen molar-refractivity contribution in [1.82, 2.24) is 0 Å². The monoisotopic (exact) mass is 224 g/mol. The molecular formula is C15H28O. The molecule has 1 nitrogen and oxygen atoms in total. The second-order valence-electron chi connectivity index (χ2n) is 6.06. The quantitative estimate of drug-likeness (QED) is 0.485. The Morgan fingerprint density at radius 1 is 1.25 bits per heavy atom. The van der Waals surface area contributed by atoms with Crippen molar-refractivity contribution in [3.63, 3.8) is 0 Å². The number of ether oxygens (including phenoxy) is 1. The van der Waals surface area contributed by atoms with Crippen LogP contribution in [0, 0.1) is 5.92 Å². The van der Waals surface area contributed by atoms with E-state index in [1.165, 1.54) is 50.5 Å². The van der Waals surface area contributed by atoms with E-state index in [4.69, 9.17) is 4.74 Å². The molecule has 1 saturated carbocycles. The first-order chi connectivity index (χ1) is 7.49. The lowest BCUT2D eigenvalue weighted by Crippen LogP contribution is -2.19. The van der Waals surface area contributed by atoms with Gasteiger partial charge in [-0.15, -0.1) is 0 Å². The molecule has 0 heterocycles. The van der Waals surface area contributed by atoms with Gasteiger partial charge in [0.25, 0.3) is 0 Å². The highest BCUT2D eigenvalue weighted by atomic mass is 16.5. The van der Waals surface area contributed by atoms with Gasteiger partial charge in [-0.05, 0) is 58.8 Å². The van der Waals surface area contributed by atoms with Crippen LogP contribution in [0.2, 0.25) is 0 Å². The molecule has 1 atom stereocenters. The SMILES string of the molecule is C=C1CCCCC1CCCCOC(C)(C)C. The average molecular weight is 224 g/mol. The van der Waals surface area contributed by atoms with E-state index in [9.17, 15) is 0 Å². The Morgan fingerprint density at radius 3 is 2.62 bits per heavy atom. The van der Waals surface area contributed by atoms with Gasteiger partial charge in [0.2, 0.25) is 0 Å². The Morgan fingerprint density at radius 2 is 2.00 bits per heavy atom. The molecular weight excluding hydrogens is 196 g/mol. The van der Waals surface area contributed by atoms with Gasteiger partial charge in [0.05, 0.1) is 5.60 Å². The number of allylic oxidation sites excluding steroid dienone is 1. The van der Waals surface area contributed by atoms with Crippen molar-refractivity contribution in [2.75, 3.05) is 6.61 Å². The van der Waals surface area contributed by atoms with E-state index in [2.05, 4.69) is 27.4 Å². The number of unbranched alkanes of at least 4 members (excludes halogenated alkanes) is 1. The standard InChI is InChI=1S/C15H28O/c1-13-9-5-6-10-14(13)11-7-8-12-16-15(2,3)4/h14H,1,5-12H2,2-4H3. The Kier molecular flexibility index (Phi) is 5.54. The molecule has 0 aromatic heterocycles. The lowest BCUT2D eigenvalue weighted by atomic mass is 9.82. The number of rotatable bonds is 5. The molecule has 1 unspecified atom stereocenters. The Balaban J connectivity index is 2.04. The van der Waals surface area contributed by atoms with Crippen LogP contribution in [0.5, 0.6) is 0 Å². The molecule has 0 aromatic carbocycles. The summed E-state index contributed by atoms with van der Waals surface area (Å²) in [4.78, 5) is 0. The molecule has 16 heavy (non-hydrogen) atoms. The van der Waals surface area contributed by atoms with E-state index < -0.39 is 0 Å². The summed E-state index contributed by atoms with van der Waals surface area (Å²) in [7, 11) is 0. The largest absolute Gasteiger partial charge is 0.376 e. The second kappa shape index (κ2) is 6.44. The molecule has 0 spiro atoms. The van der Waals surface area contributed by atoms with Gasteiger partial charge in [0.15, 0.2) is 0 Å². The molecule has 1 rings (SSSR count). The Bertz CT molecular complexity index is 212. The first-order valence-electron chi connectivity index (χ1n) is 6.81. The summed E-state index contributed by atoms with van der Waals surface area (Å²) in [5.74, 6) is 0.809. The van der Waals surface area contributed by atoms with Crippen molar-refractivity contribution in [3.05, 3.63) is 12.2 Å². The van der Waals surface area contributed by atoms with E-state index in [0.717, 1.165) is 12.5 Å². The molecule has 0 N–H and O–H groups in total. The van der Waals surface area contributed by atoms with Gasteiger partial charge in [-0.25, -0.2) is 0 Å². The van der Waals surface area contributed by atoms with E-state index >= 15 is 0 Å². The summed E-state index contributed by atoms with van der Waals surface area (Å²) in [6.45, 7) is 11.5. The van der Waals surface area contributed by atoms with Gasteiger partial charge in [-0.3, -0.25) is 0 Å². The van der Waals surface area contributed by atoms with E-state index in [1.54, 1.807) is 0 Å². The first-order valence-corrected chi connectivity index (χ1v) is 6.81. The predicted molar refractivity (Wildman–Crippen MR) is 70.7 cm³/mol. The third-order valence-corrected chi connectivity index (χ3v) is 3.36. The maximum Gasteiger partial charge on any atom is 0.0598 e. The van der Waals surface area contributed by atoms with Gasteiger partial charge in [0.1, 0.15) is 0 Å². The molecule has 0 bridgehead atoms. The van der Waals surface area contributed by atoms with Crippen molar-refractivity contribution >= 4 is 0 Å². The molecule has 0 aromatic rings. The number of hydrogen-bond acceptors (Lipinski definition) is 1. The smallest absolute Gasteiger partial charge is 0.0598 e. The zero-order valence-electron chi connectivity index (χ0n) is 11.3. The zero-order valence-corrected chi connectivity index (χ0v) is 11.3. The summed E-state index contributed by atoms with van der Waals surface area (Å²) in [5, 5.41) is 0. The average Bonchev–Trinajstić information content (AvgIpc) is 2.18. The van der Waals surface area contributed by atoms with Crippen LogP contribution >= 0.6 is 0 Å². The molecule has 1 aliphatic rings. The van der Waals surface area contributed by atoms with Crippen LogP contribution in [0.15, 0.2) is 12.2 Å². The van der Waals surface area contributed by atoms with Gasteiger partial charge >= 0.3 is 0 Å². The fourth-order valence-corrected chi connectivity index (χ4v) is 2.37. The third-order valence-electron chi connectivity index (χ3n) is 3.36. The highest BCUT2D eigenvalue weighted by Gasteiger charge is 2.16. The molecule has 1 aliphatic carbocycles. The molecule has 0 amide bonds. The van der Waals surface area contributed by atoms with Crippen LogP contribution in [0.4, 0.5) is 0 Å². The van der Waals surface area contributed by atoms with Crippen LogP contribution < -0.4 is 0 Å². The summed E-state index contributed by atoms with van der Waals surface area (Å²) in [6, 6.07) is 0. The molecule has 1 heteroatoms. The van der Waals surface area contributed by atoms with Crippen molar-refractivity contribution in [2.24, 2.45) is 5.92 Å². The van der Waals surface area contributed by atoms with Gasteiger partial charge in [-0.1, -0.05) is 25.0 Å². The summed E-state index contributed by atoms with van der Waals surface area (Å²) in [5.41, 5.74) is 1.53. The summed E-state index contributed by atoms with van der Waals surface area (Å²) in [6.07, 6.45) is 9.22. The first kappa shape index (κ1) is 13.8. The molecule has 0 aliphatic heterocycles. The maximum atomic E-state index is 5.72. The van der Waals surface area contributed by atoms with Gasteiger partial charge < -0.3 is 4.74 Å². The van der Waals surface area contributed by atoms with Crippen molar-refractivity contribution in [2.45, 2.75) is 71.3 Å². The fourth-order valence-electron chi connectivity index (χ4n) is 2.37. The van der Waals surface area contributed by atoms with Crippen molar-refractivity contribution < 1.29 is 4.74 Å². The minimum Gasteiger partial charge on any atom is -0.376 e. The van der Waals surface area contributed by atoms with Crippen LogP contribution in [-0.2, 0) is 4.74 Å². The van der Waals surface area contributed by atoms with E-state index in [-0.39, 0.29) is 5.60 Å². The Hall–Kier alpha value is -0.300. The molecule has 94 valence electrons. The molecule has 0 radical (unpaired) electrons. The van der Waals surface area contributed by atoms with E-state index in [0.29, 0.717) is 0 Å². The second-order valence-corrected chi connectivity index (χ2v) is 6.06. The van der Waals surface area contributed by atoms with Gasteiger partial charge in [-0.2, -0.15) is 0 Å². The van der Waals surface area contributed by atoms with E-state index in [1.807, 2.05) is 0 Å². The van der Waals surface area contributed by atoms with Crippen molar-refractivity contribution in [1.29, 1.82) is 0 Å². The highest BCUT2D eigenvalue weighted by molar-refractivity contribution is 5.03. The minimum absolute atomic E-state index is 0.0223. The fraction of sp³-hybridized carbons (Fsp3) is 0.867. The van der Waals surface area contributed by atoms with Crippen LogP contribution in [-0.4, -0.2) is 12.2 Å². The highest BCUT2D eigenvalue weighted by Crippen LogP contribution is 2.31. The molecule has 1 fully saturated rings. The van der Waals surface area contributed by atoms with Crippen LogP contribution in [0.25, 0.3) is 0 Å². The topological polar surface area (TPSA) is 9.23 Å². The minimum atomic E-state index is 0.0223. The maximum absolute atomic E-state index is 5.72. The lowest BCUT2D eigenvalue weighted by molar-refractivity contribution is -0.00499. The number of hydrogen-bond donors (Lipinski definition) is 0. The predicted octanol–water partition coefficient (Wildman–Crippen LogP) is 4.72. The van der Waals surface area contributed by atoms with Gasteiger partial charge in [0, 0.05) is 6.61 Å². The zero-order chi connectivity index (χ0) is 12.0. The Labute approximate surface area is 101 Å².